The van der Waals surface area contributed by atoms with E-state index in [4.69, 9.17) is 6.42 Å². The second-order valence-corrected chi connectivity index (χ2v) is 3.05. The molecule has 0 fully saturated rings. The molecule has 1 unspecified atom stereocenters. The van der Waals surface area contributed by atoms with Crippen molar-refractivity contribution in [2.45, 2.75) is 18.9 Å². The van der Waals surface area contributed by atoms with Crippen LogP contribution in [0.15, 0.2) is 12.1 Å². The van der Waals surface area contributed by atoms with E-state index in [1.54, 1.807) is 0 Å². The summed E-state index contributed by atoms with van der Waals surface area (Å²) < 4.78 is 38.4. The third-order valence-corrected chi connectivity index (χ3v) is 1.96. The molecule has 0 saturated heterocycles. The number of terminal acetylenes is 1. The van der Waals surface area contributed by atoms with Crippen LogP contribution < -0.4 is 0 Å². The maximum absolute atomic E-state index is 13.1. The number of aliphatic hydroxyl groups excluding tert-OH is 1. The molecule has 80 valence electrons. The van der Waals surface area contributed by atoms with Gasteiger partial charge in [-0.2, -0.15) is 0 Å². The Morgan fingerprint density at radius 3 is 2.40 bits per heavy atom. The van der Waals surface area contributed by atoms with Crippen molar-refractivity contribution < 1.29 is 18.3 Å². The zero-order chi connectivity index (χ0) is 11.4. The van der Waals surface area contributed by atoms with Gasteiger partial charge >= 0.3 is 0 Å². The van der Waals surface area contributed by atoms with Crippen molar-refractivity contribution in [3.8, 4) is 12.3 Å². The second kappa shape index (κ2) is 4.85. The smallest absolute Gasteiger partial charge is 0.161 e. The molecule has 0 spiro atoms. The van der Waals surface area contributed by atoms with Crippen molar-refractivity contribution in [2.24, 2.45) is 0 Å². The molecule has 1 aromatic rings. The zero-order valence-corrected chi connectivity index (χ0v) is 7.80. The number of benzene rings is 1. The van der Waals surface area contributed by atoms with E-state index < -0.39 is 23.6 Å². The summed E-state index contributed by atoms with van der Waals surface area (Å²) in [5.74, 6) is -1.18. The summed E-state index contributed by atoms with van der Waals surface area (Å²) in [4.78, 5) is 0. The summed E-state index contributed by atoms with van der Waals surface area (Å²) in [6, 6.07) is 1.05. The van der Waals surface area contributed by atoms with Crippen LogP contribution in [0.1, 0.15) is 24.5 Å². The normalized spacial score (nSPS) is 12.2. The van der Waals surface area contributed by atoms with Gasteiger partial charge in [-0.1, -0.05) is 0 Å². The maximum atomic E-state index is 13.1. The third-order valence-electron chi connectivity index (χ3n) is 1.96. The predicted octanol–water partition coefficient (Wildman–Crippen LogP) is 2.55. The maximum Gasteiger partial charge on any atom is 0.161 e. The average Bonchev–Trinajstić information content (AvgIpc) is 2.20. The Hall–Kier alpha value is -1.47. The fourth-order valence-corrected chi connectivity index (χ4v) is 1.17. The fraction of sp³-hybridized carbons (Fsp3) is 0.273. The molecule has 0 radical (unpaired) electrons. The van der Waals surface area contributed by atoms with Crippen LogP contribution in [0, 0.1) is 29.8 Å². The van der Waals surface area contributed by atoms with Crippen LogP contribution in [0.4, 0.5) is 13.2 Å². The van der Waals surface area contributed by atoms with Gasteiger partial charge in [-0.05, 0) is 12.5 Å². The Balaban J connectivity index is 2.94. The molecule has 1 N–H and O–H groups in total. The zero-order valence-electron chi connectivity index (χ0n) is 7.80. The highest BCUT2D eigenvalue weighted by molar-refractivity contribution is 5.22. The third kappa shape index (κ3) is 2.74. The highest BCUT2D eigenvalue weighted by Crippen LogP contribution is 2.23. The van der Waals surface area contributed by atoms with Crippen molar-refractivity contribution in [3.05, 3.63) is 35.1 Å². The van der Waals surface area contributed by atoms with Gasteiger partial charge in [0.25, 0.3) is 0 Å². The summed E-state index contributed by atoms with van der Waals surface area (Å²) in [5.41, 5.74) is -0.274. The molecule has 15 heavy (non-hydrogen) atoms. The van der Waals surface area contributed by atoms with E-state index in [9.17, 15) is 18.3 Å². The van der Waals surface area contributed by atoms with Gasteiger partial charge in [-0.15, -0.1) is 12.3 Å². The minimum atomic E-state index is -1.28. The Bertz CT molecular complexity index is 396. The van der Waals surface area contributed by atoms with E-state index in [1.807, 2.05) is 0 Å². The summed E-state index contributed by atoms with van der Waals surface area (Å²) in [7, 11) is 0. The molecule has 1 aromatic carbocycles. The minimum absolute atomic E-state index is 0.110. The van der Waals surface area contributed by atoms with E-state index in [2.05, 4.69) is 5.92 Å². The lowest BCUT2D eigenvalue weighted by molar-refractivity contribution is 0.164. The molecule has 0 bridgehead atoms. The molecule has 0 aliphatic heterocycles. The number of halogens is 3. The van der Waals surface area contributed by atoms with Gasteiger partial charge in [-0.25, -0.2) is 13.2 Å². The van der Waals surface area contributed by atoms with Gasteiger partial charge in [0, 0.05) is 18.1 Å². The van der Waals surface area contributed by atoms with Crippen LogP contribution in [0.5, 0.6) is 0 Å². The van der Waals surface area contributed by atoms with Crippen LogP contribution >= 0.6 is 0 Å². The highest BCUT2D eigenvalue weighted by Gasteiger charge is 2.16. The molecule has 0 aliphatic carbocycles. The first-order chi connectivity index (χ1) is 7.06. The Kier molecular flexibility index (Phi) is 3.75. The Morgan fingerprint density at radius 1 is 1.20 bits per heavy atom. The van der Waals surface area contributed by atoms with E-state index in [-0.39, 0.29) is 18.4 Å². The minimum Gasteiger partial charge on any atom is -0.388 e. The van der Waals surface area contributed by atoms with Gasteiger partial charge in [0.1, 0.15) is 5.82 Å². The van der Waals surface area contributed by atoms with Crippen molar-refractivity contribution in [3.63, 3.8) is 0 Å². The SMILES string of the molecule is C#CCCC(O)c1cc(F)c(F)cc1F. The molecular formula is C11H9F3O. The van der Waals surface area contributed by atoms with Crippen molar-refractivity contribution in [2.75, 3.05) is 0 Å². The van der Waals surface area contributed by atoms with Crippen molar-refractivity contribution in [1.82, 2.24) is 0 Å². The first-order valence-electron chi connectivity index (χ1n) is 4.32. The molecule has 1 atom stereocenters. The lowest BCUT2D eigenvalue weighted by atomic mass is 10.0. The molecule has 4 heteroatoms. The average molecular weight is 214 g/mol. The lowest BCUT2D eigenvalue weighted by Gasteiger charge is -2.10. The molecule has 0 aliphatic rings. The summed E-state index contributed by atoms with van der Waals surface area (Å²) in [6.07, 6.45) is 4.09. The van der Waals surface area contributed by atoms with E-state index in [1.165, 1.54) is 0 Å². The number of rotatable bonds is 3. The van der Waals surface area contributed by atoms with Crippen molar-refractivity contribution >= 4 is 0 Å². The van der Waals surface area contributed by atoms with Crippen molar-refractivity contribution in [1.29, 1.82) is 0 Å². The largest absolute Gasteiger partial charge is 0.388 e. The highest BCUT2D eigenvalue weighted by atomic mass is 19.2. The van der Waals surface area contributed by atoms with Gasteiger partial charge in [0.15, 0.2) is 11.6 Å². The lowest BCUT2D eigenvalue weighted by Crippen LogP contribution is -2.02. The molecule has 0 amide bonds. The first kappa shape index (κ1) is 11.6. The molecule has 0 heterocycles. The molecular weight excluding hydrogens is 205 g/mol. The monoisotopic (exact) mass is 214 g/mol. The fourth-order valence-electron chi connectivity index (χ4n) is 1.17. The molecule has 0 aromatic heterocycles. The van der Waals surface area contributed by atoms with Crippen LogP contribution in [0.2, 0.25) is 0 Å². The molecule has 1 nitrogen and oxygen atoms in total. The van der Waals surface area contributed by atoms with Gasteiger partial charge in [0.05, 0.1) is 6.10 Å². The van der Waals surface area contributed by atoms with Crippen LogP contribution in [0.3, 0.4) is 0 Å². The quantitative estimate of drug-likeness (QED) is 0.605. The second-order valence-electron chi connectivity index (χ2n) is 3.05. The Labute approximate surface area is 85.5 Å². The van der Waals surface area contributed by atoms with Gasteiger partial charge < -0.3 is 5.11 Å². The topological polar surface area (TPSA) is 20.2 Å². The molecule has 0 saturated carbocycles. The summed E-state index contributed by atoms with van der Waals surface area (Å²) in [5, 5.41) is 9.42. The predicted molar refractivity (Wildman–Crippen MR) is 49.3 cm³/mol. The van der Waals surface area contributed by atoms with Crippen LogP contribution in [0.25, 0.3) is 0 Å². The standard InChI is InChI=1S/C11H9F3O/c1-2-3-4-11(15)7-5-9(13)10(14)6-8(7)12/h1,5-6,11,15H,3-4H2. The number of hydrogen-bond acceptors (Lipinski definition) is 1. The van der Waals surface area contributed by atoms with E-state index in [0.717, 1.165) is 0 Å². The van der Waals surface area contributed by atoms with Gasteiger partial charge in [0.2, 0.25) is 0 Å². The molecule has 1 rings (SSSR count). The summed E-state index contributed by atoms with van der Waals surface area (Å²) in [6.45, 7) is 0. The van der Waals surface area contributed by atoms with Crippen LogP contribution in [-0.2, 0) is 0 Å². The summed E-state index contributed by atoms with van der Waals surface area (Å²) >= 11 is 0. The first-order valence-corrected chi connectivity index (χ1v) is 4.32. The Morgan fingerprint density at radius 2 is 1.80 bits per heavy atom. The van der Waals surface area contributed by atoms with Gasteiger partial charge in [-0.3, -0.25) is 0 Å². The van der Waals surface area contributed by atoms with E-state index >= 15 is 0 Å². The number of hydrogen-bond donors (Lipinski definition) is 1. The van der Waals surface area contributed by atoms with Crippen LogP contribution in [-0.4, -0.2) is 5.11 Å². The van der Waals surface area contributed by atoms with E-state index in [0.29, 0.717) is 12.1 Å². The number of aliphatic hydroxyl groups is 1.